The van der Waals surface area contributed by atoms with E-state index in [0.29, 0.717) is 0 Å². The lowest BCUT2D eigenvalue weighted by Crippen LogP contribution is -2.65. The zero-order valence-corrected chi connectivity index (χ0v) is 18.1. The molecule has 20 heteroatoms. The Hall–Kier alpha value is -2.48. The molecule has 1 aromatic rings. The number of carbonyl (C=O) groups excluding carboxylic acids is 1. The summed E-state index contributed by atoms with van der Waals surface area (Å²) in [5.41, 5.74) is -3.63. The lowest BCUT2D eigenvalue weighted by Gasteiger charge is -2.39. The Balaban J connectivity index is 3.26. The molecule has 2 atom stereocenters. The van der Waals surface area contributed by atoms with E-state index in [0.717, 1.165) is 0 Å². The summed E-state index contributed by atoms with van der Waals surface area (Å²) in [4.78, 5) is 11.8. The van der Waals surface area contributed by atoms with Crippen LogP contribution in [-0.2, 0) is 25.6 Å². The number of halogens is 15. The van der Waals surface area contributed by atoms with Crippen LogP contribution in [-0.4, -0.2) is 59.1 Å². The maximum atomic E-state index is 14.1. The molecule has 0 heterocycles. The van der Waals surface area contributed by atoms with Crippen LogP contribution in [0.15, 0.2) is 30.3 Å². The molecule has 0 saturated carbocycles. The number of hydrogen-bond donors (Lipinski definition) is 1. The smallest absolute Gasteiger partial charge is 0.459 e. The molecule has 38 heavy (non-hydrogen) atoms. The molecule has 0 spiro atoms. The number of alkyl halides is 15. The molecular weight excluding hydrogens is 581 g/mol. The van der Waals surface area contributed by atoms with Gasteiger partial charge < -0.3 is 9.84 Å². The molecule has 0 fully saturated rings. The van der Waals surface area contributed by atoms with E-state index in [4.69, 9.17) is 0 Å². The first-order valence-corrected chi connectivity index (χ1v) is 9.29. The van der Waals surface area contributed by atoms with Crippen molar-refractivity contribution in [2.45, 2.75) is 68.0 Å². The van der Waals surface area contributed by atoms with Gasteiger partial charge in [0.25, 0.3) is 0 Å². The lowest BCUT2D eigenvalue weighted by atomic mass is 9.97. The van der Waals surface area contributed by atoms with Crippen LogP contribution in [0.4, 0.5) is 65.9 Å². The summed E-state index contributed by atoms with van der Waals surface area (Å²) in [6, 6.07) is 6.78. The van der Waals surface area contributed by atoms with Gasteiger partial charge >= 0.3 is 48.4 Å². The number of ether oxygens (including phenoxy) is 3. The van der Waals surface area contributed by atoms with Crippen molar-refractivity contribution >= 4 is 5.97 Å². The van der Waals surface area contributed by atoms with Crippen molar-refractivity contribution in [3.05, 3.63) is 35.9 Å². The topological polar surface area (TPSA) is 65.0 Å². The Kier molecular flexibility index (Phi) is 9.05. The summed E-state index contributed by atoms with van der Waals surface area (Å²) in [5, 5.41) is 9.76. The van der Waals surface area contributed by atoms with Crippen molar-refractivity contribution in [2.75, 3.05) is 0 Å². The normalized spacial score (nSPS) is 17.5. The molecule has 2 unspecified atom stereocenters. The van der Waals surface area contributed by atoms with Crippen LogP contribution in [0.2, 0.25) is 0 Å². The van der Waals surface area contributed by atoms with E-state index in [9.17, 15) is 75.8 Å². The second kappa shape index (κ2) is 10.2. The quantitative estimate of drug-likeness (QED) is 0.248. The van der Waals surface area contributed by atoms with Gasteiger partial charge in [-0.05, 0) is 12.5 Å². The van der Waals surface area contributed by atoms with Crippen molar-refractivity contribution < 1.29 is 90.0 Å². The summed E-state index contributed by atoms with van der Waals surface area (Å²) in [7, 11) is 0. The average Bonchev–Trinajstić information content (AvgIpc) is 2.69. The highest BCUT2D eigenvalue weighted by Gasteiger charge is 2.82. The van der Waals surface area contributed by atoms with Gasteiger partial charge in [-0.15, -0.1) is 0 Å². The van der Waals surface area contributed by atoms with Crippen molar-refractivity contribution in [3.63, 3.8) is 0 Å². The molecule has 5 nitrogen and oxygen atoms in total. The summed E-state index contributed by atoms with van der Waals surface area (Å²) in [6.07, 6.45) is -40.3. The van der Waals surface area contributed by atoms with Crippen LogP contribution in [0.25, 0.3) is 0 Å². The van der Waals surface area contributed by atoms with Crippen molar-refractivity contribution in [2.24, 2.45) is 0 Å². The van der Waals surface area contributed by atoms with Crippen LogP contribution in [0.5, 0.6) is 0 Å². The number of carbonyl (C=O) groups is 1. The predicted octanol–water partition coefficient (Wildman–Crippen LogP) is 6.11. The van der Waals surface area contributed by atoms with Crippen LogP contribution in [0.3, 0.4) is 0 Å². The van der Waals surface area contributed by atoms with Crippen LogP contribution < -0.4 is 0 Å². The van der Waals surface area contributed by atoms with E-state index in [1.807, 2.05) is 4.74 Å². The minimum atomic E-state index is -7.78. The minimum Gasteiger partial charge on any atom is -0.459 e. The molecule has 220 valence electrons. The van der Waals surface area contributed by atoms with Crippen LogP contribution in [0.1, 0.15) is 18.9 Å². The fourth-order valence-electron chi connectivity index (χ4n) is 2.30. The second-order valence-corrected chi connectivity index (χ2v) is 7.56. The van der Waals surface area contributed by atoms with E-state index >= 15 is 0 Å². The SMILES string of the molecule is CC(O)(CC(F)(F)C(F)(F)OC(F)(C(F)(F)F)C(F)(F)OC(F)(F)C(F)(F)F)C(=O)OCc1ccccc1. The first-order chi connectivity index (χ1) is 16.6. The molecule has 0 radical (unpaired) electrons. The van der Waals surface area contributed by atoms with Gasteiger partial charge in [-0.3, -0.25) is 4.74 Å². The molecule has 0 aliphatic carbocycles. The largest absolute Gasteiger partial charge is 0.483 e. The summed E-state index contributed by atoms with van der Waals surface area (Å²) < 4.78 is 204. The first kappa shape index (κ1) is 33.5. The van der Waals surface area contributed by atoms with E-state index in [-0.39, 0.29) is 12.5 Å². The minimum absolute atomic E-state index is 0.0262. The fraction of sp³-hybridized carbons (Fsp3) is 0.611. The summed E-state index contributed by atoms with van der Waals surface area (Å²) in [6.45, 7) is -0.759. The van der Waals surface area contributed by atoms with Gasteiger partial charge in [0.05, 0.1) is 6.42 Å². The number of rotatable bonds is 11. The van der Waals surface area contributed by atoms with Gasteiger partial charge in [0.1, 0.15) is 6.61 Å². The maximum Gasteiger partial charge on any atom is 0.483 e. The monoisotopic (exact) mass is 594 g/mol. The number of esters is 1. The van der Waals surface area contributed by atoms with Crippen LogP contribution >= 0.6 is 0 Å². The van der Waals surface area contributed by atoms with Gasteiger partial charge in [0.2, 0.25) is 0 Å². The Bertz CT molecular complexity index is 959. The van der Waals surface area contributed by atoms with Gasteiger partial charge in [-0.25, -0.2) is 9.53 Å². The highest BCUT2D eigenvalue weighted by molar-refractivity contribution is 5.78. The van der Waals surface area contributed by atoms with Gasteiger partial charge in [0.15, 0.2) is 5.60 Å². The summed E-state index contributed by atoms with van der Waals surface area (Å²) >= 11 is 0. The molecule has 0 amide bonds. The third-order valence-electron chi connectivity index (χ3n) is 4.24. The number of hydrogen-bond acceptors (Lipinski definition) is 5. The van der Waals surface area contributed by atoms with Gasteiger partial charge in [-0.2, -0.15) is 65.9 Å². The van der Waals surface area contributed by atoms with E-state index < -0.39 is 67.1 Å². The van der Waals surface area contributed by atoms with Crippen molar-refractivity contribution in [1.29, 1.82) is 0 Å². The standard InChI is InChI=1S/C18H13F15O5/c1-11(35,10(34)36-7-9-5-3-2-4-6-9)8-12(19,20)16(28,29)37-13(21,14(22,23)24)17(30,31)38-18(32,33)15(25,26)27/h2-6,35H,7-8H2,1H3. The fourth-order valence-corrected chi connectivity index (χ4v) is 2.30. The molecule has 0 aliphatic rings. The predicted molar refractivity (Wildman–Crippen MR) is 89.4 cm³/mol. The maximum absolute atomic E-state index is 14.1. The first-order valence-electron chi connectivity index (χ1n) is 9.29. The third-order valence-corrected chi connectivity index (χ3v) is 4.24. The highest BCUT2D eigenvalue weighted by atomic mass is 19.4. The molecule has 0 aromatic heterocycles. The molecule has 0 aliphatic heterocycles. The van der Waals surface area contributed by atoms with Crippen molar-refractivity contribution in [3.8, 4) is 0 Å². The molecule has 0 saturated heterocycles. The van der Waals surface area contributed by atoms with Crippen LogP contribution in [0, 0.1) is 0 Å². The molecule has 1 aromatic carbocycles. The van der Waals surface area contributed by atoms with Gasteiger partial charge in [0, 0.05) is 0 Å². The Morgan fingerprint density at radius 2 is 1.18 bits per heavy atom. The average molecular weight is 594 g/mol. The summed E-state index contributed by atoms with van der Waals surface area (Å²) in [5.74, 6) is -16.3. The number of aliphatic hydroxyl groups is 1. The second-order valence-electron chi connectivity index (χ2n) is 7.56. The van der Waals surface area contributed by atoms with Gasteiger partial charge in [-0.1, -0.05) is 30.3 Å². The Morgan fingerprint density at radius 3 is 1.61 bits per heavy atom. The van der Waals surface area contributed by atoms with E-state index in [1.54, 1.807) is 0 Å². The lowest BCUT2D eigenvalue weighted by molar-refractivity contribution is -0.555. The molecule has 1 N–H and O–H groups in total. The van der Waals surface area contributed by atoms with E-state index in [1.165, 1.54) is 35.1 Å². The molecular formula is C18H13F15O5. The third kappa shape index (κ3) is 7.13. The molecule has 0 bridgehead atoms. The van der Waals surface area contributed by atoms with Crippen molar-refractivity contribution in [1.82, 2.24) is 0 Å². The highest BCUT2D eigenvalue weighted by Crippen LogP contribution is 2.55. The van der Waals surface area contributed by atoms with E-state index in [2.05, 4.69) is 4.74 Å². The Labute approximate surface area is 201 Å². The number of benzene rings is 1. The zero-order valence-electron chi connectivity index (χ0n) is 18.1. The zero-order chi connectivity index (χ0) is 30.2. The molecule has 1 rings (SSSR count). The Morgan fingerprint density at radius 1 is 0.711 bits per heavy atom.